The highest BCUT2D eigenvalue weighted by Crippen LogP contribution is 2.27. The first-order valence-corrected chi connectivity index (χ1v) is 8.08. The van der Waals surface area contributed by atoms with Crippen LogP contribution in [0.1, 0.15) is 5.69 Å². The summed E-state index contributed by atoms with van der Waals surface area (Å²) in [6.45, 7) is 1.99. The number of pyridine rings is 1. The lowest BCUT2D eigenvalue weighted by atomic mass is 10.2. The van der Waals surface area contributed by atoms with Gasteiger partial charge >= 0.3 is 0 Å². The molecule has 5 heteroatoms. The van der Waals surface area contributed by atoms with Crippen molar-refractivity contribution in [1.29, 1.82) is 0 Å². The summed E-state index contributed by atoms with van der Waals surface area (Å²) >= 11 is 0. The summed E-state index contributed by atoms with van der Waals surface area (Å²) in [5.41, 5.74) is 3.70. The second-order valence-corrected chi connectivity index (χ2v) is 5.87. The Morgan fingerprint density at radius 3 is 2.56 bits per heavy atom. The Balaban J connectivity index is 1.58. The highest BCUT2D eigenvalue weighted by atomic mass is 16.5. The third kappa shape index (κ3) is 3.17. The molecule has 0 unspecified atom stereocenters. The lowest BCUT2D eigenvalue weighted by Crippen LogP contribution is -1.94. The molecule has 0 amide bonds. The number of para-hydroxylation sites is 1. The van der Waals surface area contributed by atoms with E-state index in [-0.39, 0.29) is 0 Å². The monoisotopic (exact) mass is 330 g/mol. The topological polar surface area (TPSA) is 52.0 Å². The van der Waals surface area contributed by atoms with Gasteiger partial charge in [0.15, 0.2) is 5.65 Å². The zero-order chi connectivity index (χ0) is 17.2. The van der Waals surface area contributed by atoms with Crippen molar-refractivity contribution in [2.45, 2.75) is 6.92 Å². The van der Waals surface area contributed by atoms with Crippen molar-refractivity contribution in [3.8, 4) is 11.5 Å². The Hall–Kier alpha value is -3.34. The average Bonchev–Trinajstić information content (AvgIpc) is 2.90. The molecule has 2 heterocycles. The number of aromatic nitrogens is 3. The van der Waals surface area contributed by atoms with Crippen LogP contribution in [0.15, 0.2) is 66.9 Å². The molecule has 0 radical (unpaired) electrons. The van der Waals surface area contributed by atoms with Crippen molar-refractivity contribution < 1.29 is 4.74 Å². The average molecular weight is 330 g/mol. The number of nitrogens with one attached hydrogen (secondary N) is 1. The van der Waals surface area contributed by atoms with E-state index >= 15 is 0 Å². The lowest BCUT2D eigenvalue weighted by Gasteiger charge is -2.10. The van der Waals surface area contributed by atoms with E-state index in [0.717, 1.165) is 39.6 Å². The van der Waals surface area contributed by atoms with Crippen molar-refractivity contribution in [1.82, 2.24) is 14.8 Å². The van der Waals surface area contributed by atoms with E-state index in [2.05, 4.69) is 21.5 Å². The van der Waals surface area contributed by atoms with E-state index in [4.69, 9.17) is 4.74 Å². The molecule has 124 valence electrons. The van der Waals surface area contributed by atoms with E-state index in [9.17, 15) is 0 Å². The third-order valence-corrected chi connectivity index (χ3v) is 3.96. The van der Waals surface area contributed by atoms with Crippen LogP contribution in [0, 0.1) is 6.92 Å². The summed E-state index contributed by atoms with van der Waals surface area (Å²) in [6.07, 6.45) is 1.81. The number of ether oxygens (including phenoxy) is 1. The summed E-state index contributed by atoms with van der Waals surface area (Å²) in [5.74, 6) is 1.59. The van der Waals surface area contributed by atoms with E-state index in [1.165, 1.54) is 0 Å². The minimum Gasteiger partial charge on any atom is -0.457 e. The number of hydrogen-bond donors (Lipinski definition) is 1. The Kier molecular flexibility index (Phi) is 3.82. The molecule has 0 saturated carbocycles. The van der Waals surface area contributed by atoms with Gasteiger partial charge in [-0.05, 0) is 37.3 Å². The molecule has 5 nitrogen and oxygen atoms in total. The molecule has 4 aromatic rings. The fourth-order valence-electron chi connectivity index (χ4n) is 2.80. The summed E-state index contributed by atoms with van der Waals surface area (Å²) < 4.78 is 7.67. The highest BCUT2D eigenvalue weighted by molar-refractivity contribution is 5.82. The van der Waals surface area contributed by atoms with Gasteiger partial charge in [0.2, 0.25) is 0 Å². The van der Waals surface area contributed by atoms with Crippen molar-refractivity contribution in [3.05, 3.63) is 72.6 Å². The molecule has 0 aliphatic carbocycles. The standard InChI is InChI=1S/C20H18N4O/c1-14-19-12-16(13-21-20(19)24(2)23-14)22-15-7-6-10-18(11-15)25-17-8-4-3-5-9-17/h3-13,22H,1-2H3. The van der Waals surface area contributed by atoms with Crippen LogP contribution in [0.4, 0.5) is 11.4 Å². The van der Waals surface area contributed by atoms with Crippen molar-refractivity contribution in [3.63, 3.8) is 0 Å². The summed E-state index contributed by atoms with van der Waals surface area (Å²) in [5, 5.41) is 8.83. The number of fused-ring (bicyclic) bond motifs is 1. The number of rotatable bonds is 4. The molecule has 0 aliphatic rings. The van der Waals surface area contributed by atoms with E-state index < -0.39 is 0 Å². The van der Waals surface area contributed by atoms with Crippen LogP contribution in [0.2, 0.25) is 0 Å². The first-order chi connectivity index (χ1) is 12.2. The van der Waals surface area contributed by atoms with Gasteiger partial charge in [0.05, 0.1) is 17.6 Å². The Morgan fingerprint density at radius 1 is 0.920 bits per heavy atom. The quantitative estimate of drug-likeness (QED) is 0.583. The predicted molar refractivity (Wildman–Crippen MR) is 99.5 cm³/mol. The number of nitrogens with zero attached hydrogens (tertiary/aromatic N) is 3. The van der Waals surface area contributed by atoms with Gasteiger partial charge in [-0.15, -0.1) is 0 Å². The molecule has 0 saturated heterocycles. The molecule has 25 heavy (non-hydrogen) atoms. The van der Waals surface area contributed by atoms with E-state index in [0.29, 0.717) is 0 Å². The maximum absolute atomic E-state index is 5.88. The molecular weight excluding hydrogens is 312 g/mol. The number of hydrogen-bond acceptors (Lipinski definition) is 4. The summed E-state index contributed by atoms with van der Waals surface area (Å²) in [4.78, 5) is 4.49. The SMILES string of the molecule is Cc1nn(C)c2ncc(Nc3cccc(Oc4ccccc4)c3)cc12. The molecular formula is C20H18N4O. The molecule has 4 rings (SSSR count). The first-order valence-electron chi connectivity index (χ1n) is 8.08. The molecule has 0 aliphatic heterocycles. The Morgan fingerprint density at radius 2 is 1.72 bits per heavy atom. The Bertz CT molecular complexity index is 1020. The van der Waals surface area contributed by atoms with Crippen LogP contribution in [-0.2, 0) is 7.05 Å². The van der Waals surface area contributed by atoms with Crippen LogP contribution in [0.3, 0.4) is 0 Å². The summed E-state index contributed by atoms with van der Waals surface area (Å²) in [6, 6.07) is 19.7. The number of aryl methyl sites for hydroxylation is 2. The molecule has 1 N–H and O–H groups in total. The van der Waals surface area contributed by atoms with Gasteiger partial charge in [0.1, 0.15) is 11.5 Å². The van der Waals surface area contributed by atoms with Gasteiger partial charge < -0.3 is 10.1 Å². The molecule has 0 bridgehead atoms. The molecule has 2 aromatic carbocycles. The van der Waals surface area contributed by atoms with Crippen LogP contribution in [0.5, 0.6) is 11.5 Å². The normalized spacial score (nSPS) is 10.8. The van der Waals surface area contributed by atoms with Crippen LogP contribution in [-0.4, -0.2) is 14.8 Å². The van der Waals surface area contributed by atoms with Gasteiger partial charge in [-0.1, -0.05) is 24.3 Å². The zero-order valence-electron chi connectivity index (χ0n) is 14.1. The lowest BCUT2D eigenvalue weighted by molar-refractivity contribution is 0.483. The Labute approximate surface area is 145 Å². The van der Waals surface area contributed by atoms with E-state index in [1.54, 1.807) is 4.68 Å². The molecule has 0 atom stereocenters. The highest BCUT2D eigenvalue weighted by Gasteiger charge is 2.07. The molecule has 0 fully saturated rings. The van der Waals surface area contributed by atoms with Crippen molar-refractivity contribution >= 4 is 22.4 Å². The summed E-state index contributed by atoms with van der Waals surface area (Å²) in [7, 11) is 1.90. The van der Waals surface area contributed by atoms with Crippen molar-refractivity contribution in [2.75, 3.05) is 5.32 Å². The van der Waals surface area contributed by atoms with E-state index in [1.807, 2.05) is 74.8 Å². The van der Waals surface area contributed by atoms with Crippen molar-refractivity contribution in [2.24, 2.45) is 7.05 Å². The second-order valence-electron chi connectivity index (χ2n) is 5.87. The third-order valence-electron chi connectivity index (χ3n) is 3.96. The second kappa shape index (κ2) is 6.28. The van der Waals surface area contributed by atoms with Gasteiger partial charge in [0.25, 0.3) is 0 Å². The smallest absolute Gasteiger partial charge is 0.157 e. The largest absolute Gasteiger partial charge is 0.457 e. The predicted octanol–water partition coefficient (Wildman–Crippen LogP) is 4.81. The fourth-order valence-corrected chi connectivity index (χ4v) is 2.80. The maximum atomic E-state index is 5.88. The van der Waals surface area contributed by atoms with Gasteiger partial charge in [0, 0.05) is 24.2 Å². The maximum Gasteiger partial charge on any atom is 0.157 e. The minimum atomic E-state index is 0.780. The molecule has 0 spiro atoms. The minimum absolute atomic E-state index is 0.780. The first kappa shape index (κ1) is 15.2. The fraction of sp³-hybridized carbons (Fsp3) is 0.100. The zero-order valence-corrected chi connectivity index (χ0v) is 14.1. The van der Waals surface area contributed by atoms with Gasteiger partial charge in [-0.3, -0.25) is 4.68 Å². The van der Waals surface area contributed by atoms with Crippen LogP contribution < -0.4 is 10.1 Å². The number of benzene rings is 2. The van der Waals surface area contributed by atoms with Gasteiger partial charge in [-0.2, -0.15) is 5.10 Å². The molecule has 2 aromatic heterocycles. The number of anilines is 2. The van der Waals surface area contributed by atoms with Gasteiger partial charge in [-0.25, -0.2) is 4.98 Å². The van der Waals surface area contributed by atoms with Crippen LogP contribution >= 0.6 is 0 Å². The van der Waals surface area contributed by atoms with Crippen LogP contribution in [0.25, 0.3) is 11.0 Å².